The van der Waals surface area contributed by atoms with Gasteiger partial charge in [0.2, 0.25) is 0 Å². The van der Waals surface area contributed by atoms with E-state index in [1.807, 2.05) is 0 Å². The second-order valence-electron chi connectivity index (χ2n) is 12.8. The zero-order chi connectivity index (χ0) is 20.9. The minimum absolute atomic E-state index is 0.319. The second kappa shape index (κ2) is 8.07. The molecule has 2 unspecified atom stereocenters. The van der Waals surface area contributed by atoms with Crippen LogP contribution in [0.3, 0.4) is 0 Å². The highest BCUT2D eigenvalue weighted by Gasteiger charge is 2.48. The SMILES string of the molecule is CC(C)(C)N1CCC2(CC1)CN(C1CCCN(C3CCCN(C(C)(C)C)C3)C1)C2. The molecule has 168 valence electrons. The summed E-state index contributed by atoms with van der Waals surface area (Å²) in [4.78, 5) is 11.2. The first-order chi connectivity index (χ1) is 13.6. The van der Waals surface area contributed by atoms with Gasteiger partial charge in [-0.1, -0.05) is 0 Å². The summed E-state index contributed by atoms with van der Waals surface area (Å²) < 4.78 is 0. The van der Waals surface area contributed by atoms with Crippen LogP contribution in [0.25, 0.3) is 0 Å². The van der Waals surface area contributed by atoms with Gasteiger partial charge in [0, 0.05) is 49.3 Å². The maximum Gasteiger partial charge on any atom is 0.0224 e. The lowest BCUT2D eigenvalue weighted by molar-refractivity contribution is -0.0965. The minimum Gasteiger partial charge on any atom is -0.298 e. The van der Waals surface area contributed by atoms with Crippen LogP contribution in [0, 0.1) is 5.41 Å². The van der Waals surface area contributed by atoms with Crippen LogP contribution in [0.5, 0.6) is 0 Å². The van der Waals surface area contributed by atoms with Gasteiger partial charge in [-0.25, -0.2) is 0 Å². The smallest absolute Gasteiger partial charge is 0.0224 e. The van der Waals surface area contributed by atoms with Crippen LogP contribution in [0.4, 0.5) is 0 Å². The lowest BCUT2D eigenvalue weighted by Gasteiger charge is -2.59. The van der Waals surface area contributed by atoms with Crippen molar-refractivity contribution in [2.75, 3.05) is 52.4 Å². The number of rotatable bonds is 2. The molecule has 4 rings (SSSR count). The Morgan fingerprint density at radius 2 is 1.17 bits per heavy atom. The molecule has 0 N–H and O–H groups in total. The fourth-order valence-electron chi connectivity index (χ4n) is 6.52. The van der Waals surface area contributed by atoms with Crippen LogP contribution in [0.1, 0.15) is 80.1 Å². The van der Waals surface area contributed by atoms with Crippen LogP contribution in [0.2, 0.25) is 0 Å². The molecule has 0 bridgehead atoms. The summed E-state index contributed by atoms with van der Waals surface area (Å²) in [5.41, 5.74) is 1.31. The molecule has 4 aliphatic heterocycles. The molecule has 0 radical (unpaired) electrons. The Balaban J connectivity index is 1.27. The third-order valence-electron chi connectivity index (χ3n) is 8.66. The average Bonchev–Trinajstić information content (AvgIpc) is 2.65. The van der Waals surface area contributed by atoms with E-state index in [2.05, 4.69) is 61.1 Å². The summed E-state index contributed by atoms with van der Waals surface area (Å²) in [6.45, 7) is 24.9. The molecule has 2 atom stereocenters. The lowest BCUT2D eigenvalue weighted by Crippen LogP contribution is -2.66. The van der Waals surface area contributed by atoms with E-state index in [4.69, 9.17) is 0 Å². The quantitative estimate of drug-likeness (QED) is 0.692. The molecule has 1 spiro atoms. The first-order valence-electron chi connectivity index (χ1n) is 12.5. The third-order valence-corrected chi connectivity index (χ3v) is 8.66. The van der Waals surface area contributed by atoms with Crippen molar-refractivity contribution in [3.8, 4) is 0 Å². The first kappa shape index (κ1) is 22.0. The van der Waals surface area contributed by atoms with Crippen LogP contribution in [0.15, 0.2) is 0 Å². The predicted molar refractivity (Wildman–Crippen MR) is 124 cm³/mol. The van der Waals surface area contributed by atoms with Gasteiger partial charge in [0.05, 0.1) is 0 Å². The molecule has 0 saturated carbocycles. The molecular formula is C25H48N4. The number of hydrogen-bond acceptors (Lipinski definition) is 4. The van der Waals surface area contributed by atoms with Gasteiger partial charge < -0.3 is 0 Å². The summed E-state index contributed by atoms with van der Waals surface area (Å²) in [5.74, 6) is 0. The molecule has 4 nitrogen and oxygen atoms in total. The number of hydrogen-bond donors (Lipinski definition) is 0. The number of nitrogens with zero attached hydrogens (tertiary/aromatic N) is 4. The number of piperidine rings is 3. The van der Waals surface area contributed by atoms with E-state index in [1.54, 1.807) is 0 Å². The lowest BCUT2D eigenvalue weighted by atomic mass is 9.70. The first-order valence-corrected chi connectivity index (χ1v) is 12.5. The van der Waals surface area contributed by atoms with Gasteiger partial charge in [0.1, 0.15) is 0 Å². The van der Waals surface area contributed by atoms with E-state index in [1.165, 1.54) is 90.9 Å². The highest BCUT2D eigenvalue weighted by atomic mass is 15.3. The normalized spacial score (nSPS) is 33.7. The molecule has 4 fully saturated rings. The van der Waals surface area contributed by atoms with Gasteiger partial charge in [-0.05, 0) is 112 Å². The topological polar surface area (TPSA) is 13.0 Å². The zero-order valence-electron chi connectivity index (χ0n) is 20.3. The largest absolute Gasteiger partial charge is 0.298 e. The number of likely N-dealkylation sites (tertiary alicyclic amines) is 4. The standard InChI is InChI=1S/C25H48N4/c1-23(2,3)28-15-11-25(12-16-28)19-27(20-25)21-9-7-13-26(17-21)22-10-8-14-29(18-22)24(4,5)6/h21-22H,7-20H2,1-6H3. The van der Waals surface area contributed by atoms with Crippen molar-refractivity contribution < 1.29 is 0 Å². The van der Waals surface area contributed by atoms with E-state index in [0.717, 1.165) is 12.1 Å². The summed E-state index contributed by atoms with van der Waals surface area (Å²) >= 11 is 0. The molecule has 0 aromatic heterocycles. The van der Waals surface area contributed by atoms with E-state index in [-0.39, 0.29) is 0 Å². The molecule has 0 aromatic rings. The molecule has 0 aromatic carbocycles. The van der Waals surface area contributed by atoms with Crippen molar-refractivity contribution in [2.24, 2.45) is 5.41 Å². The summed E-state index contributed by atoms with van der Waals surface area (Å²) in [7, 11) is 0. The second-order valence-corrected chi connectivity index (χ2v) is 12.8. The van der Waals surface area contributed by atoms with Crippen molar-refractivity contribution in [3.05, 3.63) is 0 Å². The Hall–Kier alpha value is -0.160. The highest BCUT2D eigenvalue weighted by molar-refractivity contribution is 5.03. The van der Waals surface area contributed by atoms with Crippen LogP contribution in [-0.2, 0) is 0 Å². The van der Waals surface area contributed by atoms with Crippen molar-refractivity contribution in [1.29, 1.82) is 0 Å². The maximum atomic E-state index is 2.87. The van der Waals surface area contributed by atoms with Gasteiger partial charge in [-0.15, -0.1) is 0 Å². The summed E-state index contributed by atoms with van der Waals surface area (Å²) in [6.07, 6.45) is 8.45. The van der Waals surface area contributed by atoms with E-state index >= 15 is 0 Å². The Labute approximate surface area is 181 Å². The van der Waals surface area contributed by atoms with Crippen molar-refractivity contribution in [1.82, 2.24) is 19.6 Å². The molecule has 4 heteroatoms. The van der Waals surface area contributed by atoms with Crippen molar-refractivity contribution in [2.45, 2.75) is 103 Å². The van der Waals surface area contributed by atoms with Gasteiger partial charge in [-0.2, -0.15) is 0 Å². The molecular weight excluding hydrogens is 356 g/mol. The molecule has 4 heterocycles. The predicted octanol–water partition coefficient (Wildman–Crippen LogP) is 3.91. The fraction of sp³-hybridized carbons (Fsp3) is 1.00. The van der Waals surface area contributed by atoms with Crippen molar-refractivity contribution in [3.63, 3.8) is 0 Å². The Morgan fingerprint density at radius 3 is 1.76 bits per heavy atom. The van der Waals surface area contributed by atoms with E-state index in [9.17, 15) is 0 Å². The average molecular weight is 405 g/mol. The molecule has 29 heavy (non-hydrogen) atoms. The Kier molecular flexibility index (Phi) is 6.14. The molecule has 4 saturated heterocycles. The van der Waals surface area contributed by atoms with Gasteiger partial charge >= 0.3 is 0 Å². The fourth-order valence-corrected chi connectivity index (χ4v) is 6.52. The summed E-state index contributed by atoms with van der Waals surface area (Å²) in [6, 6.07) is 1.61. The van der Waals surface area contributed by atoms with Crippen molar-refractivity contribution >= 4 is 0 Å². The van der Waals surface area contributed by atoms with Gasteiger partial charge in [0.15, 0.2) is 0 Å². The molecule has 0 aliphatic carbocycles. The summed E-state index contributed by atoms with van der Waals surface area (Å²) in [5, 5.41) is 0. The third kappa shape index (κ3) is 4.86. The maximum absolute atomic E-state index is 2.87. The Bertz CT molecular complexity index is 544. The van der Waals surface area contributed by atoms with Crippen LogP contribution < -0.4 is 0 Å². The minimum atomic E-state index is 0.319. The van der Waals surface area contributed by atoms with Gasteiger partial charge in [-0.3, -0.25) is 19.6 Å². The van der Waals surface area contributed by atoms with Gasteiger partial charge in [0.25, 0.3) is 0 Å². The highest BCUT2D eigenvalue weighted by Crippen LogP contribution is 2.43. The zero-order valence-corrected chi connectivity index (χ0v) is 20.3. The van der Waals surface area contributed by atoms with Crippen LogP contribution in [-0.4, -0.2) is 95.1 Å². The van der Waals surface area contributed by atoms with Crippen LogP contribution >= 0.6 is 0 Å². The monoisotopic (exact) mass is 404 g/mol. The van der Waals surface area contributed by atoms with E-state index in [0.29, 0.717) is 16.5 Å². The van der Waals surface area contributed by atoms with E-state index < -0.39 is 0 Å². The molecule has 4 aliphatic rings. The Morgan fingerprint density at radius 1 is 0.621 bits per heavy atom. The molecule has 0 amide bonds.